The zero-order chi connectivity index (χ0) is 20.2. The lowest BCUT2D eigenvalue weighted by Crippen LogP contribution is -2.09. The molecule has 4 rings (SSSR count). The number of fused-ring (bicyclic) bond motifs is 1. The van der Waals surface area contributed by atoms with Crippen LogP contribution in [0.4, 0.5) is 5.82 Å². The van der Waals surface area contributed by atoms with E-state index in [2.05, 4.69) is 9.97 Å². The molecule has 3 aromatic carbocycles. The van der Waals surface area contributed by atoms with Crippen LogP contribution in [0.15, 0.2) is 83.7 Å². The summed E-state index contributed by atoms with van der Waals surface area (Å²) in [5.41, 5.74) is 7.75. The molecule has 0 bridgehead atoms. The number of hydrogen-bond acceptors (Lipinski definition) is 6. The summed E-state index contributed by atoms with van der Waals surface area (Å²) in [6.07, 6.45) is 0. The van der Waals surface area contributed by atoms with Gasteiger partial charge < -0.3 is 10.5 Å². The summed E-state index contributed by atoms with van der Waals surface area (Å²) in [7, 11) is 0. The van der Waals surface area contributed by atoms with Gasteiger partial charge in [-0.1, -0.05) is 66.7 Å². The molecule has 0 aliphatic carbocycles. The largest absolute Gasteiger partial charge is 0.457 e. The Kier molecular flexibility index (Phi) is 4.99. The van der Waals surface area contributed by atoms with Crippen molar-refractivity contribution in [2.24, 2.45) is 0 Å². The lowest BCUT2D eigenvalue weighted by molar-refractivity contribution is 0.0475. The third-order valence-electron chi connectivity index (χ3n) is 4.43. The number of nitrogens with zero attached hydrogens (tertiary/aromatic N) is 2. The molecule has 0 radical (unpaired) electrons. The Bertz CT molecular complexity index is 1240. The minimum absolute atomic E-state index is 0.130. The quantitative estimate of drug-likeness (QED) is 0.541. The smallest absolute Gasteiger partial charge is 0.339 e. The van der Waals surface area contributed by atoms with Gasteiger partial charge in [0.05, 0.1) is 16.8 Å². The molecule has 0 amide bonds. The Morgan fingerprint density at radius 2 is 1.55 bits per heavy atom. The van der Waals surface area contributed by atoms with Crippen molar-refractivity contribution < 1.29 is 9.53 Å². The molecule has 6 heteroatoms. The van der Waals surface area contributed by atoms with Crippen LogP contribution in [0.3, 0.4) is 0 Å². The van der Waals surface area contributed by atoms with Crippen LogP contribution < -0.4 is 11.3 Å². The van der Waals surface area contributed by atoms with Gasteiger partial charge in [-0.3, -0.25) is 4.79 Å². The SMILES string of the molecule is Nc1nc(-c2ccccc2)c2c(C(=O)OCc3ccccc3)cccc2nc1=O. The summed E-state index contributed by atoms with van der Waals surface area (Å²) < 4.78 is 5.50. The molecule has 0 saturated carbocycles. The molecule has 0 fully saturated rings. The summed E-state index contributed by atoms with van der Waals surface area (Å²) >= 11 is 0. The van der Waals surface area contributed by atoms with Crippen LogP contribution in [0, 0.1) is 0 Å². The molecule has 0 aliphatic heterocycles. The second-order valence-electron chi connectivity index (χ2n) is 6.39. The van der Waals surface area contributed by atoms with Gasteiger partial charge in [-0.25, -0.2) is 14.8 Å². The van der Waals surface area contributed by atoms with E-state index < -0.39 is 11.5 Å². The van der Waals surface area contributed by atoms with Crippen molar-refractivity contribution in [3.63, 3.8) is 0 Å². The van der Waals surface area contributed by atoms with E-state index in [1.165, 1.54) is 0 Å². The molecule has 4 aromatic rings. The monoisotopic (exact) mass is 383 g/mol. The van der Waals surface area contributed by atoms with Crippen molar-refractivity contribution in [2.75, 3.05) is 5.73 Å². The van der Waals surface area contributed by atoms with Gasteiger partial charge in [0.15, 0.2) is 5.82 Å². The molecule has 0 atom stereocenters. The zero-order valence-electron chi connectivity index (χ0n) is 15.4. The lowest BCUT2D eigenvalue weighted by Gasteiger charge is -2.09. The maximum absolute atomic E-state index is 12.9. The van der Waals surface area contributed by atoms with E-state index in [0.29, 0.717) is 22.2 Å². The Hall–Kier alpha value is -4.06. The first kappa shape index (κ1) is 18.3. The van der Waals surface area contributed by atoms with Crippen LogP contribution in [0.2, 0.25) is 0 Å². The van der Waals surface area contributed by atoms with Crippen molar-refractivity contribution >= 4 is 22.7 Å². The standard InChI is InChI=1S/C23H17N3O3/c24-21-22(27)25-18-13-7-12-17(23(28)29-14-15-8-3-1-4-9-15)19(18)20(26-21)16-10-5-2-6-11-16/h1-13H,14H2,(H2,24,25,26,27). The van der Waals surface area contributed by atoms with Crippen LogP contribution >= 0.6 is 0 Å². The average molecular weight is 383 g/mol. The first-order valence-electron chi connectivity index (χ1n) is 9.00. The molecule has 0 spiro atoms. The van der Waals surface area contributed by atoms with E-state index in [1.807, 2.05) is 60.7 Å². The highest BCUT2D eigenvalue weighted by Crippen LogP contribution is 2.28. The normalized spacial score (nSPS) is 10.6. The number of nitrogen functional groups attached to an aromatic ring is 1. The fraction of sp³-hybridized carbons (Fsp3) is 0.0435. The van der Waals surface area contributed by atoms with E-state index in [-0.39, 0.29) is 18.0 Å². The molecule has 0 saturated heterocycles. The molecule has 6 nitrogen and oxygen atoms in total. The van der Waals surface area contributed by atoms with Crippen LogP contribution in [-0.4, -0.2) is 15.9 Å². The average Bonchev–Trinajstić information content (AvgIpc) is 2.89. The van der Waals surface area contributed by atoms with Gasteiger partial charge in [0.25, 0.3) is 0 Å². The summed E-state index contributed by atoms with van der Waals surface area (Å²) in [6.45, 7) is 0.130. The molecule has 29 heavy (non-hydrogen) atoms. The molecular weight excluding hydrogens is 366 g/mol. The van der Waals surface area contributed by atoms with Gasteiger partial charge in [0.2, 0.25) is 0 Å². The number of ether oxygens (including phenoxy) is 1. The molecule has 2 N–H and O–H groups in total. The molecule has 1 aromatic heterocycles. The molecule has 0 aliphatic rings. The molecule has 1 heterocycles. The lowest BCUT2D eigenvalue weighted by atomic mass is 10.0. The highest BCUT2D eigenvalue weighted by Gasteiger charge is 2.18. The summed E-state index contributed by atoms with van der Waals surface area (Å²) in [5.74, 6) is -0.763. The first-order chi connectivity index (χ1) is 14.1. The Balaban J connectivity index is 1.88. The number of benzene rings is 3. The predicted octanol–water partition coefficient (Wildman–Crippen LogP) is 3.60. The van der Waals surface area contributed by atoms with Crippen LogP contribution in [-0.2, 0) is 11.3 Å². The second kappa shape index (κ2) is 7.90. The van der Waals surface area contributed by atoms with E-state index in [4.69, 9.17) is 10.5 Å². The first-order valence-corrected chi connectivity index (χ1v) is 9.00. The third-order valence-corrected chi connectivity index (χ3v) is 4.43. The number of hydrogen-bond donors (Lipinski definition) is 1. The molecule has 142 valence electrons. The predicted molar refractivity (Wildman–Crippen MR) is 111 cm³/mol. The summed E-state index contributed by atoms with van der Waals surface area (Å²) in [4.78, 5) is 33.4. The minimum atomic E-state index is -0.646. The summed E-state index contributed by atoms with van der Waals surface area (Å²) in [6, 6.07) is 23.5. The van der Waals surface area contributed by atoms with Crippen molar-refractivity contribution in [2.45, 2.75) is 6.61 Å². The minimum Gasteiger partial charge on any atom is -0.457 e. The van der Waals surface area contributed by atoms with E-state index in [1.54, 1.807) is 18.2 Å². The second-order valence-corrected chi connectivity index (χ2v) is 6.39. The zero-order valence-corrected chi connectivity index (χ0v) is 15.4. The Labute approximate surface area is 166 Å². The topological polar surface area (TPSA) is 95.2 Å². The highest BCUT2D eigenvalue weighted by molar-refractivity contribution is 6.08. The van der Waals surface area contributed by atoms with Crippen LogP contribution in [0.1, 0.15) is 15.9 Å². The molecule has 0 unspecified atom stereocenters. The van der Waals surface area contributed by atoms with Gasteiger partial charge in [0.1, 0.15) is 6.61 Å². The summed E-state index contributed by atoms with van der Waals surface area (Å²) in [5, 5.41) is 0.422. The Morgan fingerprint density at radius 1 is 0.862 bits per heavy atom. The number of esters is 1. The van der Waals surface area contributed by atoms with Crippen molar-refractivity contribution in [1.82, 2.24) is 9.97 Å². The highest BCUT2D eigenvalue weighted by atomic mass is 16.5. The van der Waals surface area contributed by atoms with Gasteiger partial charge in [-0.05, 0) is 17.7 Å². The Morgan fingerprint density at radius 3 is 2.28 bits per heavy atom. The van der Waals surface area contributed by atoms with E-state index >= 15 is 0 Å². The van der Waals surface area contributed by atoms with Crippen molar-refractivity contribution in [3.8, 4) is 11.3 Å². The number of carbonyl (C=O) groups is 1. The van der Waals surface area contributed by atoms with Gasteiger partial charge in [-0.2, -0.15) is 0 Å². The maximum atomic E-state index is 12.9. The fourth-order valence-electron chi connectivity index (χ4n) is 3.05. The van der Waals surface area contributed by atoms with Crippen LogP contribution in [0.25, 0.3) is 22.2 Å². The number of anilines is 1. The van der Waals surface area contributed by atoms with Gasteiger partial charge >= 0.3 is 11.5 Å². The number of nitrogens with two attached hydrogens (primary N) is 1. The van der Waals surface area contributed by atoms with Crippen molar-refractivity contribution in [3.05, 3.63) is 100 Å². The van der Waals surface area contributed by atoms with E-state index in [0.717, 1.165) is 5.56 Å². The number of aromatic nitrogens is 2. The maximum Gasteiger partial charge on any atom is 0.339 e. The third kappa shape index (κ3) is 3.82. The number of rotatable bonds is 4. The molecular formula is C23H17N3O3. The van der Waals surface area contributed by atoms with Crippen LogP contribution in [0.5, 0.6) is 0 Å². The fourth-order valence-corrected chi connectivity index (χ4v) is 3.05. The van der Waals surface area contributed by atoms with Crippen molar-refractivity contribution in [1.29, 1.82) is 0 Å². The van der Waals surface area contributed by atoms with Gasteiger partial charge in [-0.15, -0.1) is 0 Å². The number of carbonyl (C=O) groups excluding carboxylic acids is 1. The van der Waals surface area contributed by atoms with E-state index in [9.17, 15) is 9.59 Å². The van der Waals surface area contributed by atoms with Gasteiger partial charge in [0, 0.05) is 10.9 Å².